The van der Waals surface area contributed by atoms with Crippen LogP contribution in [0, 0.1) is 6.42 Å². The van der Waals surface area contributed by atoms with Gasteiger partial charge in [0.05, 0.1) is 0 Å². The van der Waals surface area contributed by atoms with Crippen LogP contribution in [0.5, 0.6) is 0 Å². The van der Waals surface area contributed by atoms with Crippen molar-refractivity contribution in [2.75, 3.05) is 0 Å². The zero-order valence-electron chi connectivity index (χ0n) is 20.3. The van der Waals surface area contributed by atoms with Crippen molar-refractivity contribution in [2.24, 2.45) is 7.05 Å². The molecule has 3 heteroatoms. The Morgan fingerprint density at radius 2 is 1.49 bits per heavy atom. The van der Waals surface area contributed by atoms with E-state index in [1.165, 1.54) is 100 Å². The summed E-state index contributed by atoms with van der Waals surface area (Å²) >= 11 is 0. The maximum atomic E-state index is 2.50. The summed E-state index contributed by atoms with van der Waals surface area (Å²) in [5.74, 6) is 0. The Hall–Kier alpha value is -2.61. The summed E-state index contributed by atoms with van der Waals surface area (Å²) in [6.07, 6.45) is 16.0. The SMILES string of the molecule is Cn1[cH+]n(C2=c3ccc4c5c(cc6ccc(c3c64)C[CH-]2)CCCC5)c2cc3c(cc21)CCCC3.[Ir]. The second-order valence-electron chi connectivity index (χ2n) is 10.8. The molecule has 0 amide bonds. The Labute approximate surface area is 220 Å². The first-order valence-corrected chi connectivity index (χ1v) is 13.2. The van der Waals surface area contributed by atoms with Crippen LogP contribution < -0.4 is 5.22 Å². The number of nitrogens with zero attached hydrogens (tertiary/aromatic N) is 2. The Bertz CT molecular complexity index is 1720. The van der Waals surface area contributed by atoms with Crippen LogP contribution in [0.25, 0.3) is 38.3 Å². The smallest absolute Gasteiger partial charge is 0.187 e. The second kappa shape index (κ2) is 7.95. The van der Waals surface area contributed by atoms with Crippen molar-refractivity contribution in [3.05, 3.63) is 88.2 Å². The molecule has 0 saturated carbocycles. The molecule has 0 N–H and O–H groups in total. The molecular formula is C32H30IrN2. The normalized spacial score (nSPS) is 16.8. The van der Waals surface area contributed by atoms with E-state index in [1.807, 2.05) is 0 Å². The first kappa shape index (κ1) is 21.7. The molecule has 1 heterocycles. The number of fused-ring (bicyclic) bond motifs is 4. The van der Waals surface area contributed by atoms with E-state index in [4.69, 9.17) is 0 Å². The van der Waals surface area contributed by atoms with Crippen LogP contribution in [-0.4, -0.2) is 9.13 Å². The van der Waals surface area contributed by atoms with Gasteiger partial charge in [-0.25, -0.2) is 9.13 Å². The summed E-state index contributed by atoms with van der Waals surface area (Å²) < 4.78 is 4.79. The van der Waals surface area contributed by atoms with E-state index in [0.717, 1.165) is 6.42 Å². The van der Waals surface area contributed by atoms with Crippen molar-refractivity contribution in [1.82, 2.24) is 9.13 Å². The monoisotopic (exact) mass is 635 g/mol. The van der Waals surface area contributed by atoms with E-state index in [9.17, 15) is 0 Å². The van der Waals surface area contributed by atoms with E-state index < -0.39 is 0 Å². The van der Waals surface area contributed by atoms with E-state index in [2.05, 4.69) is 71.4 Å². The molecule has 2 nitrogen and oxygen atoms in total. The van der Waals surface area contributed by atoms with Crippen LogP contribution in [-0.2, 0) is 59.3 Å². The molecular weight excluding hydrogens is 605 g/mol. The molecule has 0 atom stereocenters. The molecule has 3 aliphatic rings. The molecule has 0 unspecified atom stereocenters. The fourth-order valence-corrected chi connectivity index (χ4v) is 7.20. The zero-order valence-corrected chi connectivity index (χ0v) is 22.7. The zero-order chi connectivity index (χ0) is 22.4. The molecule has 4 aromatic carbocycles. The molecule has 35 heavy (non-hydrogen) atoms. The van der Waals surface area contributed by atoms with Crippen LogP contribution in [0.1, 0.15) is 53.5 Å². The van der Waals surface area contributed by atoms with Gasteiger partial charge in [0, 0.05) is 39.3 Å². The largest absolute Gasteiger partial charge is 0.248 e. The maximum absolute atomic E-state index is 2.50. The van der Waals surface area contributed by atoms with Crippen LogP contribution >= 0.6 is 0 Å². The molecule has 1 radical (unpaired) electrons. The van der Waals surface area contributed by atoms with E-state index in [0.29, 0.717) is 0 Å². The third-order valence-corrected chi connectivity index (χ3v) is 8.86. The van der Waals surface area contributed by atoms with Crippen molar-refractivity contribution in [2.45, 2.75) is 57.8 Å². The van der Waals surface area contributed by atoms with Crippen molar-refractivity contribution >= 4 is 38.3 Å². The van der Waals surface area contributed by atoms with Gasteiger partial charge in [0.1, 0.15) is 0 Å². The number of rotatable bonds is 1. The number of aromatic nitrogens is 2. The van der Waals surface area contributed by atoms with Gasteiger partial charge >= 0.3 is 0 Å². The Morgan fingerprint density at radius 1 is 0.743 bits per heavy atom. The average Bonchev–Trinajstić information content (AvgIpc) is 3.20. The van der Waals surface area contributed by atoms with Crippen LogP contribution in [0.15, 0.2) is 48.8 Å². The molecule has 0 bridgehead atoms. The average molecular weight is 635 g/mol. The van der Waals surface area contributed by atoms with E-state index >= 15 is 0 Å². The Kier molecular flexibility index (Phi) is 4.92. The number of benzene rings is 4. The van der Waals surface area contributed by atoms with Gasteiger partial charge in [0.25, 0.3) is 0 Å². The Balaban J connectivity index is 0.00000210. The van der Waals surface area contributed by atoms with Gasteiger partial charge in [-0.05, 0) is 95.5 Å². The minimum Gasteiger partial charge on any atom is -0.248 e. The number of aryl methyl sites for hydroxylation is 5. The maximum Gasteiger partial charge on any atom is 0.187 e. The van der Waals surface area contributed by atoms with E-state index in [1.54, 1.807) is 22.3 Å². The van der Waals surface area contributed by atoms with Crippen molar-refractivity contribution in [1.29, 1.82) is 0 Å². The van der Waals surface area contributed by atoms with Gasteiger partial charge in [-0.15, -0.1) is 6.07 Å². The molecule has 177 valence electrons. The summed E-state index contributed by atoms with van der Waals surface area (Å²) in [5.41, 5.74) is 11.8. The Morgan fingerprint density at radius 3 is 2.31 bits per heavy atom. The number of imidazole rings is 1. The topological polar surface area (TPSA) is 9.86 Å². The number of hydrogen-bond donors (Lipinski definition) is 0. The fraction of sp³-hybridized carbons (Fsp3) is 0.312. The molecule has 8 rings (SSSR count). The first-order chi connectivity index (χ1) is 16.8. The van der Waals surface area contributed by atoms with Crippen molar-refractivity contribution in [3.8, 4) is 0 Å². The molecule has 1 aromatic heterocycles. The molecule has 3 aliphatic carbocycles. The number of hydrogen-bond acceptors (Lipinski definition) is 0. The molecule has 0 saturated heterocycles. The summed E-state index contributed by atoms with van der Waals surface area (Å²) in [5, 5.41) is 7.31. The summed E-state index contributed by atoms with van der Waals surface area (Å²) in [6, 6.07) is 17.1. The quantitative estimate of drug-likeness (QED) is 0.188. The van der Waals surface area contributed by atoms with Crippen molar-refractivity contribution in [3.63, 3.8) is 0 Å². The molecule has 5 aromatic rings. The molecule has 0 aliphatic heterocycles. The van der Waals surface area contributed by atoms with Gasteiger partial charge < -0.3 is 0 Å². The molecule has 0 spiro atoms. The second-order valence-corrected chi connectivity index (χ2v) is 10.8. The summed E-state index contributed by atoms with van der Waals surface area (Å²) in [6.45, 7) is 0. The summed E-state index contributed by atoms with van der Waals surface area (Å²) in [4.78, 5) is 0. The van der Waals surface area contributed by atoms with Gasteiger partial charge in [0.15, 0.2) is 17.4 Å². The van der Waals surface area contributed by atoms with Crippen LogP contribution in [0.3, 0.4) is 0 Å². The minimum atomic E-state index is 0. The van der Waals surface area contributed by atoms with Gasteiger partial charge in [0.2, 0.25) is 0 Å². The van der Waals surface area contributed by atoms with Gasteiger partial charge in [-0.1, -0.05) is 46.9 Å². The third-order valence-electron chi connectivity index (χ3n) is 8.86. The summed E-state index contributed by atoms with van der Waals surface area (Å²) in [7, 11) is 2.20. The van der Waals surface area contributed by atoms with Gasteiger partial charge in [-0.3, -0.25) is 0 Å². The standard InChI is InChI=1S/C32H30N2.Ir/c1-33-19-34(30-18-22-7-3-2-6-21(22)17-29(30)33)28-15-12-20-10-11-24-16-23-8-4-5-9-25(23)26-13-14-27(28)31(20)32(24)26;/h10-11,13-19H,2-9,12H2,1H3;. The van der Waals surface area contributed by atoms with E-state index in [-0.39, 0.29) is 20.1 Å². The fourth-order valence-electron chi connectivity index (χ4n) is 7.20. The third kappa shape index (κ3) is 3.04. The molecule has 0 fully saturated rings. The minimum absolute atomic E-state index is 0. The predicted octanol–water partition coefficient (Wildman–Crippen LogP) is 6.46. The predicted molar refractivity (Wildman–Crippen MR) is 142 cm³/mol. The van der Waals surface area contributed by atoms with Gasteiger partial charge in [-0.2, -0.15) is 6.42 Å². The van der Waals surface area contributed by atoms with Crippen molar-refractivity contribution < 1.29 is 20.1 Å². The first-order valence-electron chi connectivity index (χ1n) is 13.2. The van der Waals surface area contributed by atoms with Crippen LogP contribution in [0.2, 0.25) is 0 Å². The van der Waals surface area contributed by atoms with Crippen LogP contribution in [0.4, 0.5) is 0 Å².